The van der Waals surface area contributed by atoms with Crippen LogP contribution in [0.4, 0.5) is 0 Å². The van der Waals surface area contributed by atoms with E-state index < -0.39 is 10.0 Å². The van der Waals surface area contributed by atoms with Gasteiger partial charge in [-0.1, -0.05) is 0 Å². The van der Waals surface area contributed by atoms with E-state index in [1.54, 1.807) is 6.07 Å². The van der Waals surface area contributed by atoms with Crippen LogP contribution in [0.1, 0.15) is 0 Å². The zero-order chi connectivity index (χ0) is 16.4. The van der Waals surface area contributed by atoms with Crippen LogP contribution in [0.25, 0.3) is 0 Å². The van der Waals surface area contributed by atoms with Gasteiger partial charge in [-0.3, -0.25) is 9.80 Å². The van der Waals surface area contributed by atoms with Gasteiger partial charge in [-0.05, 0) is 12.1 Å². The standard InChI is InChI=1S/C15H23N3O4S/c1-21-14-4-3-13(9-15(14)22-2)23(19,20)16-10-12-11-17-5-7-18(12)8-6-17/h3-4,9,12,16H,5-8,10-11H2,1-2H3. The number of hydrogen-bond donors (Lipinski definition) is 1. The van der Waals surface area contributed by atoms with Crippen molar-refractivity contribution in [2.24, 2.45) is 0 Å². The van der Waals surface area contributed by atoms with Crippen LogP contribution in [0.2, 0.25) is 0 Å². The summed E-state index contributed by atoms with van der Waals surface area (Å²) in [6, 6.07) is 4.86. The van der Waals surface area contributed by atoms with Gasteiger partial charge >= 0.3 is 0 Å². The molecule has 0 amide bonds. The minimum atomic E-state index is -3.56. The maximum atomic E-state index is 12.5. The second kappa shape index (κ2) is 6.64. The van der Waals surface area contributed by atoms with E-state index in [2.05, 4.69) is 14.5 Å². The number of fused-ring (bicyclic) bond motifs is 3. The SMILES string of the molecule is COc1ccc(S(=O)(=O)NCC2CN3CCN2CC3)cc1OC. The highest BCUT2D eigenvalue weighted by molar-refractivity contribution is 7.89. The van der Waals surface area contributed by atoms with E-state index in [9.17, 15) is 8.42 Å². The fraction of sp³-hybridized carbons (Fsp3) is 0.600. The van der Waals surface area contributed by atoms with E-state index in [0.717, 1.165) is 32.7 Å². The third-order valence-corrected chi connectivity index (χ3v) is 5.99. The predicted molar refractivity (Wildman–Crippen MR) is 86.5 cm³/mol. The molecule has 0 radical (unpaired) electrons. The first-order valence-electron chi connectivity index (χ1n) is 7.71. The first kappa shape index (κ1) is 16.5. The number of piperazine rings is 3. The number of ether oxygens (including phenoxy) is 2. The van der Waals surface area contributed by atoms with E-state index in [0.29, 0.717) is 18.0 Å². The number of nitrogens with zero attached hydrogens (tertiary/aromatic N) is 2. The minimum Gasteiger partial charge on any atom is -0.493 e. The van der Waals surface area contributed by atoms with E-state index in [1.165, 1.54) is 26.4 Å². The lowest BCUT2D eigenvalue weighted by molar-refractivity contribution is 0.0158. The van der Waals surface area contributed by atoms with Crippen molar-refractivity contribution < 1.29 is 17.9 Å². The molecule has 128 valence electrons. The van der Waals surface area contributed by atoms with Crippen molar-refractivity contribution in [1.29, 1.82) is 0 Å². The van der Waals surface area contributed by atoms with Gasteiger partial charge in [0, 0.05) is 51.4 Å². The highest BCUT2D eigenvalue weighted by Gasteiger charge is 2.32. The molecule has 1 N–H and O–H groups in total. The molecule has 8 heteroatoms. The molecule has 3 aliphatic rings. The van der Waals surface area contributed by atoms with Crippen molar-refractivity contribution in [2.75, 3.05) is 53.5 Å². The largest absolute Gasteiger partial charge is 0.493 e. The monoisotopic (exact) mass is 341 g/mol. The quantitative estimate of drug-likeness (QED) is 0.784. The maximum Gasteiger partial charge on any atom is 0.240 e. The van der Waals surface area contributed by atoms with E-state index in [1.807, 2.05) is 0 Å². The van der Waals surface area contributed by atoms with Crippen molar-refractivity contribution >= 4 is 10.0 Å². The summed E-state index contributed by atoms with van der Waals surface area (Å²) in [5, 5.41) is 0. The molecule has 0 aromatic heterocycles. The molecule has 1 aromatic rings. The van der Waals surface area contributed by atoms with Crippen LogP contribution in [-0.2, 0) is 10.0 Å². The molecule has 3 heterocycles. The Kier molecular flexibility index (Phi) is 4.77. The van der Waals surface area contributed by atoms with E-state index >= 15 is 0 Å². The van der Waals surface area contributed by atoms with Crippen molar-refractivity contribution in [3.05, 3.63) is 18.2 Å². The second-order valence-electron chi connectivity index (χ2n) is 5.86. The third kappa shape index (κ3) is 3.45. The van der Waals surface area contributed by atoms with Gasteiger partial charge in [0.05, 0.1) is 19.1 Å². The summed E-state index contributed by atoms with van der Waals surface area (Å²) >= 11 is 0. The predicted octanol–water partition coefficient (Wildman–Crippen LogP) is -0.0181. The Morgan fingerprint density at radius 3 is 2.39 bits per heavy atom. The van der Waals surface area contributed by atoms with Gasteiger partial charge in [-0.15, -0.1) is 0 Å². The first-order chi connectivity index (χ1) is 11.0. The lowest BCUT2D eigenvalue weighted by atomic mass is 10.1. The molecular formula is C15H23N3O4S. The summed E-state index contributed by atoms with van der Waals surface area (Å²) in [5.41, 5.74) is 0. The molecule has 1 aromatic carbocycles. The molecule has 0 aliphatic carbocycles. The second-order valence-corrected chi connectivity index (χ2v) is 7.63. The van der Waals surface area contributed by atoms with Crippen LogP contribution in [0.3, 0.4) is 0 Å². The number of rotatable bonds is 6. The number of benzene rings is 1. The van der Waals surface area contributed by atoms with Gasteiger partial charge in [0.15, 0.2) is 11.5 Å². The molecule has 3 aliphatic heterocycles. The van der Waals surface area contributed by atoms with Crippen molar-refractivity contribution in [3.63, 3.8) is 0 Å². The summed E-state index contributed by atoms with van der Waals surface area (Å²) in [4.78, 5) is 4.93. The average Bonchev–Trinajstić information content (AvgIpc) is 2.60. The molecule has 1 atom stereocenters. The van der Waals surface area contributed by atoms with Crippen LogP contribution >= 0.6 is 0 Å². The van der Waals surface area contributed by atoms with Gasteiger partial charge < -0.3 is 9.47 Å². The fourth-order valence-electron chi connectivity index (χ4n) is 3.19. The Hall–Kier alpha value is -1.35. The van der Waals surface area contributed by atoms with Crippen molar-refractivity contribution in [1.82, 2.24) is 14.5 Å². The molecule has 0 spiro atoms. The summed E-state index contributed by atoms with van der Waals surface area (Å²) < 4.78 is 38.1. The number of nitrogens with one attached hydrogen (secondary N) is 1. The van der Waals surface area contributed by atoms with Crippen molar-refractivity contribution in [3.8, 4) is 11.5 Å². The van der Waals surface area contributed by atoms with E-state index in [-0.39, 0.29) is 10.9 Å². The molecule has 0 saturated carbocycles. The highest BCUT2D eigenvalue weighted by Crippen LogP contribution is 2.29. The summed E-state index contributed by atoms with van der Waals surface area (Å²) in [5.74, 6) is 0.914. The lowest BCUT2D eigenvalue weighted by Gasteiger charge is -2.47. The Labute approximate surface area is 137 Å². The Bertz CT molecular complexity index is 657. The Morgan fingerprint density at radius 1 is 1.13 bits per heavy atom. The van der Waals surface area contributed by atoms with Crippen LogP contribution in [0, 0.1) is 0 Å². The Morgan fingerprint density at radius 2 is 1.83 bits per heavy atom. The van der Waals surface area contributed by atoms with Gasteiger partial charge in [-0.2, -0.15) is 0 Å². The van der Waals surface area contributed by atoms with Crippen LogP contribution in [0.15, 0.2) is 23.1 Å². The maximum absolute atomic E-state index is 12.5. The highest BCUT2D eigenvalue weighted by atomic mass is 32.2. The third-order valence-electron chi connectivity index (χ3n) is 4.57. The van der Waals surface area contributed by atoms with Crippen LogP contribution < -0.4 is 14.2 Å². The number of sulfonamides is 1. The summed E-state index contributed by atoms with van der Waals surface area (Å²) in [6.07, 6.45) is 0. The van der Waals surface area contributed by atoms with Crippen LogP contribution in [-0.4, -0.2) is 77.7 Å². The minimum absolute atomic E-state index is 0.187. The van der Waals surface area contributed by atoms with Gasteiger partial charge in [0.2, 0.25) is 10.0 Å². The van der Waals surface area contributed by atoms with Gasteiger partial charge in [0.1, 0.15) is 0 Å². The summed E-state index contributed by atoms with van der Waals surface area (Å²) in [6.45, 7) is 5.55. The topological polar surface area (TPSA) is 71.1 Å². The molecule has 23 heavy (non-hydrogen) atoms. The normalized spacial score (nSPS) is 27.0. The zero-order valence-corrected chi connectivity index (χ0v) is 14.3. The first-order valence-corrected chi connectivity index (χ1v) is 9.20. The average molecular weight is 341 g/mol. The molecule has 7 nitrogen and oxygen atoms in total. The van der Waals surface area contributed by atoms with E-state index in [4.69, 9.17) is 9.47 Å². The fourth-order valence-corrected chi connectivity index (χ4v) is 4.28. The van der Waals surface area contributed by atoms with Gasteiger partial charge in [-0.25, -0.2) is 13.1 Å². The molecule has 4 rings (SSSR count). The molecule has 1 unspecified atom stereocenters. The molecule has 3 saturated heterocycles. The lowest BCUT2D eigenvalue weighted by Crippen LogP contribution is -2.63. The van der Waals surface area contributed by atoms with Gasteiger partial charge in [0.25, 0.3) is 0 Å². The van der Waals surface area contributed by atoms with Crippen LogP contribution in [0.5, 0.6) is 11.5 Å². The Balaban J connectivity index is 1.69. The smallest absolute Gasteiger partial charge is 0.240 e. The summed E-state index contributed by atoms with van der Waals surface area (Å²) in [7, 11) is -0.557. The van der Waals surface area contributed by atoms with Crippen molar-refractivity contribution in [2.45, 2.75) is 10.9 Å². The zero-order valence-electron chi connectivity index (χ0n) is 13.5. The number of methoxy groups -OCH3 is 2. The molecular weight excluding hydrogens is 318 g/mol. The molecule has 3 fully saturated rings. The molecule has 2 bridgehead atoms. The number of hydrogen-bond acceptors (Lipinski definition) is 6.